The Hall–Kier alpha value is -1.13. The number of fused-ring (bicyclic) bond motifs is 2. The second-order valence-corrected chi connectivity index (χ2v) is 8.68. The summed E-state index contributed by atoms with van der Waals surface area (Å²) in [5.41, 5.74) is 1.46. The van der Waals surface area contributed by atoms with Crippen molar-refractivity contribution in [1.82, 2.24) is 0 Å². The lowest BCUT2D eigenvalue weighted by Crippen LogP contribution is -2.18. The van der Waals surface area contributed by atoms with Gasteiger partial charge in [-0.1, -0.05) is 31.6 Å². The van der Waals surface area contributed by atoms with E-state index in [1.54, 1.807) is 0 Å². The molecule has 0 unspecified atom stereocenters. The van der Waals surface area contributed by atoms with Gasteiger partial charge in [-0.2, -0.15) is 0 Å². The van der Waals surface area contributed by atoms with Gasteiger partial charge < -0.3 is 14.9 Å². The summed E-state index contributed by atoms with van der Waals surface area (Å²) in [5.74, 6) is -0.298. The van der Waals surface area contributed by atoms with E-state index < -0.39 is 12.1 Å². The average Bonchev–Trinajstić information content (AvgIpc) is 3.30. The van der Waals surface area contributed by atoms with Crippen LogP contribution in [0, 0.1) is 17.3 Å². The Labute approximate surface area is 144 Å². The lowest BCUT2D eigenvalue weighted by molar-refractivity contribution is -0.133. The second-order valence-electron chi connectivity index (χ2n) is 8.68. The fourth-order valence-electron chi connectivity index (χ4n) is 4.41. The van der Waals surface area contributed by atoms with Crippen molar-refractivity contribution in [3.63, 3.8) is 0 Å². The van der Waals surface area contributed by atoms with Gasteiger partial charge in [0.2, 0.25) is 0 Å². The first-order valence-corrected chi connectivity index (χ1v) is 9.11. The third-order valence-electron chi connectivity index (χ3n) is 6.58. The summed E-state index contributed by atoms with van der Waals surface area (Å²) < 4.78 is 5.96. The van der Waals surface area contributed by atoms with Crippen molar-refractivity contribution in [2.75, 3.05) is 0 Å². The predicted molar refractivity (Wildman–Crippen MR) is 92.6 cm³/mol. The molecule has 4 nitrogen and oxygen atoms in total. The highest BCUT2D eigenvalue weighted by molar-refractivity contribution is 5.87. The topological polar surface area (TPSA) is 70.1 Å². The van der Waals surface area contributed by atoms with Crippen LogP contribution in [0.25, 0.3) is 0 Å². The van der Waals surface area contributed by atoms with E-state index in [4.69, 9.17) is 4.74 Å². The standard InChI is InChI=1S/C20H30O4/c1-12-5-7-16(21)13(18(22)23)11-15-14(19(15,2)3)9-10-20(4)17(24-20)8-6-12/h5,11,14-17,21H,6-10H2,1-4H3,(H,22,23)/b12-5+,13-11-/t14-,15-,16+,17-,20-/m1/s1. The summed E-state index contributed by atoms with van der Waals surface area (Å²) in [7, 11) is 0. The first kappa shape index (κ1) is 17.7. The van der Waals surface area contributed by atoms with Crippen LogP contribution in [-0.4, -0.2) is 34.0 Å². The lowest BCUT2D eigenvalue weighted by Gasteiger charge is -2.11. The largest absolute Gasteiger partial charge is 0.478 e. The molecule has 2 N–H and O–H groups in total. The molecule has 0 aromatic carbocycles. The van der Waals surface area contributed by atoms with E-state index in [1.165, 1.54) is 5.57 Å². The second kappa shape index (κ2) is 5.99. The Morgan fingerprint density at radius 2 is 2.00 bits per heavy atom. The molecule has 2 aliphatic carbocycles. The minimum absolute atomic E-state index is 0.00642. The summed E-state index contributed by atoms with van der Waals surface area (Å²) in [6.07, 6.45) is 7.61. The number of epoxide rings is 1. The molecule has 134 valence electrons. The molecule has 24 heavy (non-hydrogen) atoms. The number of hydrogen-bond donors (Lipinski definition) is 2. The molecule has 1 saturated carbocycles. The van der Waals surface area contributed by atoms with Gasteiger partial charge in [-0.05, 0) is 63.2 Å². The summed E-state index contributed by atoms with van der Waals surface area (Å²) >= 11 is 0. The van der Waals surface area contributed by atoms with Crippen LogP contribution in [0.1, 0.15) is 59.8 Å². The number of allylic oxidation sites excluding steroid dienone is 2. The molecule has 0 aromatic rings. The lowest BCUT2D eigenvalue weighted by atomic mass is 9.93. The molecule has 0 amide bonds. The van der Waals surface area contributed by atoms with Gasteiger partial charge in [0.25, 0.3) is 0 Å². The fraction of sp³-hybridized carbons (Fsp3) is 0.750. The van der Waals surface area contributed by atoms with Crippen molar-refractivity contribution in [2.45, 2.75) is 77.6 Å². The highest BCUT2D eigenvalue weighted by Gasteiger charge is 2.58. The highest BCUT2D eigenvalue weighted by atomic mass is 16.6. The SMILES string of the molecule is C/C1=C\C[C@H](O)/C(C(=O)O)=C/[C@@H]2[C@@H](CC[C@@]3(C)O[C@@H]3CC1)C2(C)C. The molecule has 1 aliphatic heterocycles. The van der Waals surface area contributed by atoms with Crippen molar-refractivity contribution in [2.24, 2.45) is 17.3 Å². The third kappa shape index (κ3) is 3.31. The van der Waals surface area contributed by atoms with Crippen molar-refractivity contribution in [3.8, 4) is 0 Å². The van der Waals surface area contributed by atoms with Crippen LogP contribution in [0.5, 0.6) is 0 Å². The minimum Gasteiger partial charge on any atom is -0.478 e. The molecular formula is C20H30O4. The zero-order chi connectivity index (χ0) is 17.7. The van der Waals surface area contributed by atoms with Crippen LogP contribution in [-0.2, 0) is 9.53 Å². The van der Waals surface area contributed by atoms with Crippen LogP contribution < -0.4 is 0 Å². The van der Waals surface area contributed by atoms with E-state index in [1.807, 2.05) is 19.1 Å². The number of aliphatic hydroxyl groups excluding tert-OH is 1. The Bertz CT molecular complexity index is 588. The number of carboxylic acids is 1. The van der Waals surface area contributed by atoms with Gasteiger partial charge in [0.1, 0.15) is 0 Å². The number of rotatable bonds is 1. The van der Waals surface area contributed by atoms with E-state index in [0.29, 0.717) is 18.4 Å². The molecule has 0 bridgehead atoms. The number of ether oxygens (including phenoxy) is 1. The van der Waals surface area contributed by atoms with Crippen molar-refractivity contribution < 1.29 is 19.7 Å². The Kier molecular flexibility index (Phi) is 4.42. The van der Waals surface area contributed by atoms with Crippen molar-refractivity contribution in [1.29, 1.82) is 0 Å². The predicted octanol–water partition coefficient (Wildman–Crippen LogP) is 3.70. The molecule has 0 radical (unpaired) electrons. The molecular weight excluding hydrogens is 304 g/mol. The van der Waals surface area contributed by atoms with Crippen LogP contribution in [0.4, 0.5) is 0 Å². The van der Waals surface area contributed by atoms with E-state index in [-0.39, 0.29) is 22.5 Å². The van der Waals surface area contributed by atoms with Crippen molar-refractivity contribution >= 4 is 5.97 Å². The highest BCUT2D eigenvalue weighted by Crippen LogP contribution is 2.62. The molecule has 1 heterocycles. The van der Waals surface area contributed by atoms with Gasteiger partial charge in [0.15, 0.2) is 0 Å². The number of carboxylic acid groups (broad SMARTS) is 1. The molecule has 4 heteroatoms. The van der Waals surface area contributed by atoms with Crippen LogP contribution in [0.15, 0.2) is 23.3 Å². The molecule has 3 rings (SSSR count). The van der Waals surface area contributed by atoms with Crippen molar-refractivity contribution in [3.05, 3.63) is 23.3 Å². The van der Waals surface area contributed by atoms with E-state index >= 15 is 0 Å². The molecule has 0 spiro atoms. The van der Waals surface area contributed by atoms with Gasteiger partial charge in [-0.3, -0.25) is 0 Å². The van der Waals surface area contributed by atoms with Crippen LogP contribution in [0.2, 0.25) is 0 Å². The van der Waals surface area contributed by atoms with Crippen LogP contribution >= 0.6 is 0 Å². The van der Waals surface area contributed by atoms with Gasteiger partial charge >= 0.3 is 5.97 Å². The van der Waals surface area contributed by atoms with Gasteiger partial charge in [-0.15, -0.1) is 0 Å². The maximum atomic E-state index is 11.6. The number of aliphatic carboxylic acids is 1. The maximum Gasteiger partial charge on any atom is 0.333 e. The molecule has 3 aliphatic rings. The number of hydrogen-bond acceptors (Lipinski definition) is 3. The van der Waals surface area contributed by atoms with E-state index in [0.717, 1.165) is 25.7 Å². The quantitative estimate of drug-likeness (QED) is 0.567. The molecule has 5 atom stereocenters. The zero-order valence-corrected chi connectivity index (χ0v) is 15.2. The minimum atomic E-state index is -1.00. The average molecular weight is 334 g/mol. The fourth-order valence-corrected chi connectivity index (χ4v) is 4.41. The summed E-state index contributed by atoms with van der Waals surface area (Å²) in [5, 5.41) is 19.9. The van der Waals surface area contributed by atoms with Gasteiger partial charge in [-0.25, -0.2) is 4.79 Å². The van der Waals surface area contributed by atoms with Crippen LogP contribution in [0.3, 0.4) is 0 Å². The smallest absolute Gasteiger partial charge is 0.333 e. The molecule has 1 saturated heterocycles. The first-order valence-electron chi connectivity index (χ1n) is 9.11. The number of carbonyl (C=O) groups is 1. The summed E-state index contributed by atoms with van der Waals surface area (Å²) in [6, 6.07) is 0. The Balaban J connectivity index is 1.84. The molecule has 0 aromatic heterocycles. The van der Waals surface area contributed by atoms with Gasteiger partial charge in [0, 0.05) is 0 Å². The van der Waals surface area contributed by atoms with E-state index in [2.05, 4.69) is 20.8 Å². The Morgan fingerprint density at radius 3 is 2.67 bits per heavy atom. The summed E-state index contributed by atoms with van der Waals surface area (Å²) in [6.45, 7) is 8.64. The molecule has 2 fully saturated rings. The monoisotopic (exact) mass is 334 g/mol. The first-order chi connectivity index (χ1) is 11.1. The van der Waals surface area contributed by atoms with E-state index in [9.17, 15) is 15.0 Å². The zero-order valence-electron chi connectivity index (χ0n) is 15.2. The third-order valence-corrected chi connectivity index (χ3v) is 6.58. The Morgan fingerprint density at radius 1 is 1.29 bits per heavy atom. The maximum absolute atomic E-state index is 11.6. The van der Waals surface area contributed by atoms with Gasteiger partial charge in [0.05, 0.1) is 23.4 Å². The normalized spacial score (nSPS) is 46.2. The number of aliphatic hydroxyl groups is 1. The summed E-state index contributed by atoms with van der Waals surface area (Å²) in [4.78, 5) is 11.6.